The number of ketones is 1. The molecule has 0 spiro atoms. The molecule has 23 heavy (non-hydrogen) atoms. The summed E-state index contributed by atoms with van der Waals surface area (Å²) in [5.41, 5.74) is 0.682. The zero-order valence-electron chi connectivity index (χ0n) is 14.2. The Balaban J connectivity index is 0.000000593. The molecular formula is C18H24N2O3. The van der Waals surface area contributed by atoms with Gasteiger partial charge in [-0.1, -0.05) is 39.3 Å². The van der Waals surface area contributed by atoms with E-state index in [4.69, 9.17) is 4.74 Å². The lowest BCUT2D eigenvalue weighted by atomic mass is 10.1. The number of fused-ring (bicyclic) bond motifs is 1. The van der Waals surface area contributed by atoms with E-state index in [0.29, 0.717) is 28.8 Å². The molecule has 0 aliphatic carbocycles. The summed E-state index contributed by atoms with van der Waals surface area (Å²) >= 11 is 0. The highest BCUT2D eigenvalue weighted by atomic mass is 16.5. The zero-order chi connectivity index (χ0) is 17.4. The third-order valence-electron chi connectivity index (χ3n) is 3.20. The van der Waals surface area contributed by atoms with Gasteiger partial charge < -0.3 is 9.72 Å². The molecule has 124 valence electrons. The van der Waals surface area contributed by atoms with Gasteiger partial charge in [0.25, 0.3) is 5.56 Å². The summed E-state index contributed by atoms with van der Waals surface area (Å²) in [6.07, 6.45) is 2.64. The van der Waals surface area contributed by atoms with E-state index >= 15 is 0 Å². The third kappa shape index (κ3) is 5.06. The fraction of sp³-hybridized carbons (Fsp3) is 0.389. The molecule has 0 aliphatic heterocycles. The number of aromatic nitrogens is 2. The fourth-order valence-corrected chi connectivity index (χ4v) is 1.73. The highest BCUT2D eigenvalue weighted by Crippen LogP contribution is 2.14. The van der Waals surface area contributed by atoms with E-state index in [1.165, 1.54) is 19.8 Å². The molecule has 5 nitrogen and oxygen atoms in total. The lowest BCUT2D eigenvalue weighted by Crippen LogP contribution is -2.12. The standard InChI is InChI=1S/C14H14N2O3.C4H10/c1-4-19-9(3)13-15-12-7-10(8(2)17)5-6-11(12)14(18)16-13;1-3-4-2/h5-7H,3-4H2,1-2H3,(H,15,16,18);3-4H2,1-2H3. The molecule has 1 heterocycles. The lowest BCUT2D eigenvalue weighted by molar-refractivity contribution is 0.101. The van der Waals surface area contributed by atoms with Gasteiger partial charge in [-0.15, -0.1) is 0 Å². The van der Waals surface area contributed by atoms with Crippen LogP contribution in [-0.4, -0.2) is 22.4 Å². The molecule has 5 heteroatoms. The second-order valence-electron chi connectivity index (χ2n) is 5.06. The van der Waals surface area contributed by atoms with Gasteiger partial charge >= 0.3 is 0 Å². The Bertz CT molecular complexity index is 746. The largest absolute Gasteiger partial charge is 0.491 e. The van der Waals surface area contributed by atoms with Gasteiger partial charge in [0.15, 0.2) is 17.4 Å². The molecule has 1 N–H and O–H groups in total. The minimum atomic E-state index is -0.282. The maximum atomic E-state index is 11.9. The second kappa shape index (κ2) is 8.88. The number of Topliss-reactive ketones (excluding diaryl/α,β-unsaturated/α-hetero) is 1. The van der Waals surface area contributed by atoms with E-state index in [9.17, 15) is 9.59 Å². The van der Waals surface area contributed by atoms with E-state index < -0.39 is 0 Å². The Morgan fingerprint density at radius 2 is 1.91 bits per heavy atom. The van der Waals surface area contributed by atoms with Crippen molar-refractivity contribution in [2.24, 2.45) is 0 Å². The minimum absolute atomic E-state index is 0.0748. The van der Waals surface area contributed by atoms with Crippen LogP contribution < -0.4 is 5.56 Å². The monoisotopic (exact) mass is 316 g/mol. The molecule has 0 atom stereocenters. The molecule has 0 bridgehead atoms. The molecule has 0 unspecified atom stereocenters. The number of carbonyl (C=O) groups is 1. The van der Waals surface area contributed by atoms with Gasteiger partial charge in [-0.2, -0.15) is 0 Å². The van der Waals surface area contributed by atoms with Crippen molar-refractivity contribution in [3.63, 3.8) is 0 Å². The summed E-state index contributed by atoms with van der Waals surface area (Å²) in [6.45, 7) is 11.8. The van der Waals surface area contributed by atoms with Crippen LogP contribution in [0.25, 0.3) is 16.7 Å². The number of aromatic amines is 1. The third-order valence-corrected chi connectivity index (χ3v) is 3.20. The van der Waals surface area contributed by atoms with Crippen molar-refractivity contribution in [1.82, 2.24) is 9.97 Å². The van der Waals surface area contributed by atoms with E-state index in [-0.39, 0.29) is 17.2 Å². The summed E-state index contributed by atoms with van der Waals surface area (Å²) in [5, 5.41) is 0.429. The van der Waals surface area contributed by atoms with Crippen LogP contribution in [0.4, 0.5) is 0 Å². The number of hydrogen-bond acceptors (Lipinski definition) is 4. The summed E-state index contributed by atoms with van der Waals surface area (Å²) in [4.78, 5) is 30.1. The first kappa shape index (κ1) is 18.6. The Morgan fingerprint density at radius 1 is 1.26 bits per heavy atom. The smallest absolute Gasteiger partial charge is 0.259 e. The number of nitrogens with zero attached hydrogens (tertiary/aromatic N) is 1. The highest BCUT2D eigenvalue weighted by molar-refractivity contribution is 5.97. The van der Waals surface area contributed by atoms with Crippen molar-refractivity contribution < 1.29 is 9.53 Å². The molecule has 0 fully saturated rings. The molecule has 0 saturated carbocycles. The number of nitrogens with one attached hydrogen (secondary N) is 1. The van der Waals surface area contributed by atoms with E-state index in [2.05, 4.69) is 30.4 Å². The quantitative estimate of drug-likeness (QED) is 0.670. The molecular weight excluding hydrogens is 292 g/mol. The average Bonchev–Trinajstić information content (AvgIpc) is 2.54. The van der Waals surface area contributed by atoms with Crippen LogP contribution in [0.5, 0.6) is 0 Å². The number of unbranched alkanes of at least 4 members (excludes halogenated alkanes) is 1. The molecule has 0 saturated heterocycles. The van der Waals surface area contributed by atoms with Crippen LogP contribution in [-0.2, 0) is 4.74 Å². The van der Waals surface area contributed by atoms with Crippen molar-refractivity contribution in [1.29, 1.82) is 0 Å². The van der Waals surface area contributed by atoms with Crippen molar-refractivity contribution in [3.8, 4) is 0 Å². The first-order valence-corrected chi connectivity index (χ1v) is 7.81. The van der Waals surface area contributed by atoms with Crippen molar-refractivity contribution in [2.75, 3.05) is 6.61 Å². The van der Waals surface area contributed by atoms with Crippen molar-refractivity contribution in [2.45, 2.75) is 40.5 Å². The molecule has 0 amide bonds. The Hall–Kier alpha value is -2.43. The Labute approximate surface area is 136 Å². The van der Waals surface area contributed by atoms with Gasteiger partial charge in [-0.3, -0.25) is 9.59 Å². The van der Waals surface area contributed by atoms with Gasteiger partial charge in [0.1, 0.15) is 0 Å². The summed E-state index contributed by atoms with van der Waals surface area (Å²) in [7, 11) is 0. The molecule has 2 aromatic rings. The Morgan fingerprint density at radius 3 is 2.43 bits per heavy atom. The molecule has 1 aromatic heterocycles. The number of benzene rings is 1. The predicted octanol–water partition coefficient (Wildman–Crippen LogP) is 3.94. The number of hydrogen-bond donors (Lipinski definition) is 1. The number of H-pyrrole nitrogens is 1. The zero-order valence-corrected chi connectivity index (χ0v) is 14.2. The normalized spacial score (nSPS) is 9.91. The van der Waals surface area contributed by atoms with Gasteiger partial charge in [-0.25, -0.2) is 4.98 Å². The number of carbonyl (C=O) groups excluding carboxylic acids is 1. The molecule has 1 aromatic carbocycles. The molecule has 0 radical (unpaired) electrons. The van der Waals surface area contributed by atoms with Crippen LogP contribution in [0.2, 0.25) is 0 Å². The molecule has 2 rings (SSSR count). The number of ether oxygens (including phenoxy) is 1. The minimum Gasteiger partial charge on any atom is -0.491 e. The fourth-order valence-electron chi connectivity index (χ4n) is 1.73. The van der Waals surface area contributed by atoms with Crippen LogP contribution >= 0.6 is 0 Å². The summed E-state index contributed by atoms with van der Waals surface area (Å²) in [6, 6.07) is 4.79. The van der Waals surface area contributed by atoms with Crippen LogP contribution in [0, 0.1) is 0 Å². The first-order chi connectivity index (χ1) is 10.9. The first-order valence-electron chi connectivity index (χ1n) is 7.81. The van der Waals surface area contributed by atoms with Gasteiger partial charge in [-0.05, 0) is 26.0 Å². The van der Waals surface area contributed by atoms with E-state index in [1.54, 1.807) is 18.2 Å². The SMILES string of the molecule is C=C(OCC)c1nc2cc(C(C)=O)ccc2c(=O)[nH]1.CCCC. The topological polar surface area (TPSA) is 72.0 Å². The predicted molar refractivity (Wildman–Crippen MR) is 93.6 cm³/mol. The number of rotatable bonds is 5. The van der Waals surface area contributed by atoms with Crippen LogP contribution in [0.3, 0.4) is 0 Å². The van der Waals surface area contributed by atoms with Crippen molar-refractivity contribution >= 4 is 22.4 Å². The molecule has 0 aliphatic rings. The van der Waals surface area contributed by atoms with E-state index in [1.807, 2.05) is 6.92 Å². The summed E-state index contributed by atoms with van der Waals surface area (Å²) in [5.74, 6) is 0.504. The summed E-state index contributed by atoms with van der Waals surface area (Å²) < 4.78 is 5.22. The maximum absolute atomic E-state index is 11.9. The van der Waals surface area contributed by atoms with E-state index in [0.717, 1.165) is 0 Å². The van der Waals surface area contributed by atoms with Crippen LogP contribution in [0.1, 0.15) is 56.7 Å². The highest BCUT2D eigenvalue weighted by Gasteiger charge is 2.09. The average molecular weight is 316 g/mol. The Kier molecular flexibility index (Phi) is 7.19. The van der Waals surface area contributed by atoms with Crippen LogP contribution in [0.15, 0.2) is 29.6 Å². The van der Waals surface area contributed by atoms with Crippen molar-refractivity contribution in [3.05, 3.63) is 46.5 Å². The second-order valence-corrected chi connectivity index (χ2v) is 5.06. The van der Waals surface area contributed by atoms with Gasteiger partial charge in [0, 0.05) is 5.56 Å². The van der Waals surface area contributed by atoms with Gasteiger partial charge in [0.05, 0.1) is 17.5 Å². The van der Waals surface area contributed by atoms with Gasteiger partial charge in [0.2, 0.25) is 0 Å². The maximum Gasteiger partial charge on any atom is 0.259 e. The lowest BCUT2D eigenvalue weighted by Gasteiger charge is -2.07.